The van der Waals surface area contributed by atoms with Crippen molar-refractivity contribution >= 4 is 5.69 Å². The monoisotopic (exact) mass is 222 g/mol. The molecule has 0 spiro atoms. The molecule has 0 saturated carbocycles. The molecule has 16 heavy (non-hydrogen) atoms. The minimum absolute atomic E-state index is 0.0689. The first-order chi connectivity index (χ1) is 7.56. The van der Waals surface area contributed by atoms with Gasteiger partial charge < -0.3 is 15.7 Å². The van der Waals surface area contributed by atoms with Gasteiger partial charge in [-0.3, -0.25) is 0 Å². The van der Waals surface area contributed by atoms with Gasteiger partial charge in [0.1, 0.15) is 0 Å². The Balaban J connectivity index is 2.85. The summed E-state index contributed by atoms with van der Waals surface area (Å²) in [5.41, 5.74) is 8.07. The van der Waals surface area contributed by atoms with Gasteiger partial charge in [-0.15, -0.1) is 0 Å². The molecule has 1 aromatic rings. The van der Waals surface area contributed by atoms with Crippen LogP contribution in [0, 0.1) is 0 Å². The first-order valence-corrected chi connectivity index (χ1v) is 5.79. The van der Waals surface area contributed by atoms with Gasteiger partial charge in [0.05, 0.1) is 6.61 Å². The second-order valence-electron chi connectivity index (χ2n) is 4.39. The van der Waals surface area contributed by atoms with E-state index in [0.29, 0.717) is 12.6 Å². The average molecular weight is 222 g/mol. The normalized spacial score (nSPS) is 12.9. The van der Waals surface area contributed by atoms with Crippen molar-refractivity contribution in [2.24, 2.45) is 5.73 Å². The summed E-state index contributed by atoms with van der Waals surface area (Å²) >= 11 is 0. The molecule has 0 aliphatic rings. The molecule has 0 saturated heterocycles. The highest BCUT2D eigenvalue weighted by Crippen LogP contribution is 2.19. The Labute approximate surface area is 97.9 Å². The molecule has 1 rings (SSSR count). The number of benzene rings is 1. The molecule has 0 aliphatic carbocycles. The van der Waals surface area contributed by atoms with Crippen molar-refractivity contribution in [2.45, 2.75) is 32.9 Å². The molecule has 0 unspecified atom stereocenters. The summed E-state index contributed by atoms with van der Waals surface area (Å²) in [7, 11) is 0. The molecule has 3 N–H and O–H groups in total. The fourth-order valence-electron chi connectivity index (χ4n) is 1.76. The van der Waals surface area contributed by atoms with E-state index in [1.54, 1.807) is 0 Å². The highest BCUT2D eigenvalue weighted by Gasteiger charge is 2.09. The van der Waals surface area contributed by atoms with E-state index >= 15 is 0 Å². The van der Waals surface area contributed by atoms with Crippen LogP contribution in [0.15, 0.2) is 24.3 Å². The average Bonchev–Trinajstić information content (AvgIpc) is 2.25. The van der Waals surface area contributed by atoms with Crippen LogP contribution in [-0.4, -0.2) is 24.3 Å². The fraction of sp³-hybridized carbons (Fsp3) is 0.538. The maximum atomic E-state index is 9.03. The number of rotatable bonds is 5. The van der Waals surface area contributed by atoms with E-state index < -0.39 is 0 Å². The SMILES string of the molecule is CC(C)N(CCO)c1ccc([C@H](C)N)cc1. The third-order valence-corrected chi connectivity index (χ3v) is 2.71. The summed E-state index contributed by atoms with van der Waals surface area (Å²) < 4.78 is 0. The molecule has 0 bridgehead atoms. The summed E-state index contributed by atoms with van der Waals surface area (Å²) in [5, 5.41) is 9.03. The van der Waals surface area contributed by atoms with E-state index in [9.17, 15) is 0 Å². The first kappa shape index (κ1) is 13.0. The molecule has 0 aromatic heterocycles. The van der Waals surface area contributed by atoms with E-state index in [-0.39, 0.29) is 12.6 Å². The third-order valence-electron chi connectivity index (χ3n) is 2.71. The lowest BCUT2D eigenvalue weighted by molar-refractivity contribution is 0.299. The van der Waals surface area contributed by atoms with Crippen molar-refractivity contribution in [3.8, 4) is 0 Å². The van der Waals surface area contributed by atoms with Crippen molar-refractivity contribution in [3.63, 3.8) is 0 Å². The van der Waals surface area contributed by atoms with Crippen LogP contribution in [0.5, 0.6) is 0 Å². The lowest BCUT2D eigenvalue weighted by Gasteiger charge is -2.28. The van der Waals surface area contributed by atoms with E-state index in [2.05, 4.69) is 30.9 Å². The van der Waals surface area contributed by atoms with Crippen LogP contribution in [-0.2, 0) is 0 Å². The summed E-state index contributed by atoms with van der Waals surface area (Å²) in [6.07, 6.45) is 0. The molecule has 3 heteroatoms. The second kappa shape index (κ2) is 5.87. The molecule has 0 fully saturated rings. The van der Waals surface area contributed by atoms with Gasteiger partial charge in [-0.25, -0.2) is 0 Å². The summed E-state index contributed by atoms with van der Waals surface area (Å²) in [6, 6.07) is 8.68. The van der Waals surface area contributed by atoms with Gasteiger partial charge in [-0.1, -0.05) is 12.1 Å². The number of nitrogens with zero attached hydrogens (tertiary/aromatic N) is 1. The molecule has 0 amide bonds. The van der Waals surface area contributed by atoms with Gasteiger partial charge in [0.25, 0.3) is 0 Å². The van der Waals surface area contributed by atoms with Crippen molar-refractivity contribution in [3.05, 3.63) is 29.8 Å². The Hall–Kier alpha value is -1.06. The Morgan fingerprint density at radius 2 is 1.75 bits per heavy atom. The van der Waals surface area contributed by atoms with Crippen LogP contribution >= 0.6 is 0 Å². The van der Waals surface area contributed by atoms with Crippen molar-refractivity contribution < 1.29 is 5.11 Å². The van der Waals surface area contributed by atoms with Crippen LogP contribution in [0.4, 0.5) is 5.69 Å². The number of hydrogen-bond donors (Lipinski definition) is 2. The Morgan fingerprint density at radius 3 is 2.12 bits per heavy atom. The molecule has 1 atom stereocenters. The molecule has 0 heterocycles. The summed E-state index contributed by atoms with van der Waals surface area (Å²) in [6.45, 7) is 7.05. The number of anilines is 1. The standard InChI is InChI=1S/C13H22N2O/c1-10(2)15(8-9-16)13-6-4-12(5-7-13)11(3)14/h4-7,10-11,16H,8-9,14H2,1-3H3/t11-/m0/s1. The van der Waals surface area contributed by atoms with E-state index in [1.165, 1.54) is 0 Å². The van der Waals surface area contributed by atoms with E-state index in [0.717, 1.165) is 11.3 Å². The largest absolute Gasteiger partial charge is 0.395 e. The van der Waals surface area contributed by atoms with Gasteiger partial charge in [0.2, 0.25) is 0 Å². The highest BCUT2D eigenvalue weighted by molar-refractivity contribution is 5.48. The minimum atomic E-state index is 0.0689. The number of nitrogens with two attached hydrogens (primary N) is 1. The van der Waals surface area contributed by atoms with E-state index in [1.807, 2.05) is 19.1 Å². The van der Waals surface area contributed by atoms with Crippen LogP contribution in [0.3, 0.4) is 0 Å². The maximum absolute atomic E-state index is 9.03. The lowest BCUT2D eigenvalue weighted by atomic mass is 10.1. The van der Waals surface area contributed by atoms with Gasteiger partial charge in [0.15, 0.2) is 0 Å². The molecule has 90 valence electrons. The van der Waals surface area contributed by atoms with E-state index in [4.69, 9.17) is 10.8 Å². The maximum Gasteiger partial charge on any atom is 0.0606 e. The Morgan fingerprint density at radius 1 is 1.19 bits per heavy atom. The van der Waals surface area contributed by atoms with Crippen LogP contribution in [0.25, 0.3) is 0 Å². The topological polar surface area (TPSA) is 49.5 Å². The number of aliphatic hydroxyl groups excluding tert-OH is 1. The molecule has 0 radical (unpaired) electrons. The smallest absolute Gasteiger partial charge is 0.0606 e. The number of aliphatic hydroxyl groups is 1. The zero-order valence-corrected chi connectivity index (χ0v) is 10.4. The molecular weight excluding hydrogens is 200 g/mol. The van der Waals surface area contributed by atoms with Gasteiger partial charge >= 0.3 is 0 Å². The zero-order chi connectivity index (χ0) is 12.1. The molecule has 0 aliphatic heterocycles. The van der Waals surface area contributed by atoms with Crippen molar-refractivity contribution in [1.82, 2.24) is 0 Å². The molecular formula is C13H22N2O. The Bertz CT molecular complexity index is 306. The Kier molecular flexibility index (Phi) is 4.77. The molecule has 1 aromatic carbocycles. The van der Waals surface area contributed by atoms with Gasteiger partial charge in [-0.05, 0) is 38.5 Å². The fourth-order valence-corrected chi connectivity index (χ4v) is 1.76. The summed E-state index contributed by atoms with van der Waals surface area (Å²) in [4.78, 5) is 2.17. The highest BCUT2D eigenvalue weighted by atomic mass is 16.3. The number of hydrogen-bond acceptors (Lipinski definition) is 3. The zero-order valence-electron chi connectivity index (χ0n) is 10.4. The molecule has 3 nitrogen and oxygen atoms in total. The van der Waals surface area contributed by atoms with Crippen molar-refractivity contribution in [2.75, 3.05) is 18.1 Å². The van der Waals surface area contributed by atoms with Crippen molar-refractivity contribution in [1.29, 1.82) is 0 Å². The quantitative estimate of drug-likeness (QED) is 0.800. The predicted molar refractivity (Wildman–Crippen MR) is 68.6 cm³/mol. The van der Waals surface area contributed by atoms with Gasteiger partial charge in [-0.2, -0.15) is 0 Å². The summed E-state index contributed by atoms with van der Waals surface area (Å²) in [5.74, 6) is 0. The van der Waals surface area contributed by atoms with Crippen LogP contribution in [0.1, 0.15) is 32.4 Å². The second-order valence-corrected chi connectivity index (χ2v) is 4.39. The van der Waals surface area contributed by atoms with Crippen LogP contribution < -0.4 is 10.6 Å². The minimum Gasteiger partial charge on any atom is -0.395 e. The van der Waals surface area contributed by atoms with Gasteiger partial charge in [0, 0.05) is 24.3 Å². The third kappa shape index (κ3) is 3.22. The first-order valence-electron chi connectivity index (χ1n) is 5.79. The van der Waals surface area contributed by atoms with Crippen LogP contribution in [0.2, 0.25) is 0 Å². The predicted octanol–water partition coefficient (Wildman–Crippen LogP) is 1.91. The lowest BCUT2D eigenvalue weighted by Crippen LogP contribution is -2.33.